The summed E-state index contributed by atoms with van der Waals surface area (Å²) in [6.45, 7) is 6.09. The van der Waals surface area contributed by atoms with E-state index in [1.54, 1.807) is 6.08 Å². The van der Waals surface area contributed by atoms with E-state index >= 15 is 0 Å². The van der Waals surface area contributed by atoms with E-state index in [9.17, 15) is 4.79 Å². The largest absolute Gasteiger partial charge is 0.336 e. The van der Waals surface area contributed by atoms with E-state index in [1.165, 1.54) is 5.57 Å². The Labute approximate surface area is 67.9 Å². The highest BCUT2D eigenvalue weighted by Crippen LogP contribution is 2.10. The Balaban J connectivity index is 2.45. The van der Waals surface area contributed by atoms with E-state index in [4.69, 9.17) is 0 Å². The fourth-order valence-corrected chi connectivity index (χ4v) is 0.990. The third-order valence-electron chi connectivity index (χ3n) is 1.99. The van der Waals surface area contributed by atoms with Crippen molar-refractivity contribution in [1.82, 2.24) is 4.90 Å². The Morgan fingerprint density at radius 1 is 1.36 bits per heavy atom. The van der Waals surface area contributed by atoms with E-state index in [2.05, 4.69) is 13.8 Å². The van der Waals surface area contributed by atoms with Gasteiger partial charge in [0.1, 0.15) is 0 Å². The zero-order valence-electron chi connectivity index (χ0n) is 7.26. The molecule has 1 saturated heterocycles. The maximum atomic E-state index is 11.2. The first-order chi connectivity index (χ1) is 5.27. The van der Waals surface area contributed by atoms with Gasteiger partial charge < -0.3 is 4.90 Å². The number of rotatable bonds is 3. The van der Waals surface area contributed by atoms with Crippen molar-refractivity contribution in [2.24, 2.45) is 0 Å². The van der Waals surface area contributed by atoms with Crippen LogP contribution in [0.25, 0.3) is 0 Å². The highest BCUT2D eigenvalue weighted by Gasteiger charge is 2.21. The summed E-state index contributed by atoms with van der Waals surface area (Å²) < 4.78 is 0. The number of amides is 1. The monoisotopic (exact) mass is 153 g/mol. The van der Waals surface area contributed by atoms with Crippen LogP contribution in [0, 0.1) is 0 Å². The summed E-state index contributed by atoms with van der Waals surface area (Å²) in [6, 6.07) is 0. The van der Waals surface area contributed by atoms with Gasteiger partial charge in [0.25, 0.3) is 0 Å². The lowest BCUT2D eigenvalue weighted by Crippen LogP contribution is -2.06. The van der Waals surface area contributed by atoms with Crippen LogP contribution in [-0.4, -0.2) is 23.9 Å². The van der Waals surface area contributed by atoms with Gasteiger partial charge in [-0.05, 0) is 12.8 Å². The average molecular weight is 153 g/mol. The van der Waals surface area contributed by atoms with Crippen LogP contribution in [-0.2, 0) is 4.79 Å². The number of allylic oxidation sites excluding steroid dienone is 1. The topological polar surface area (TPSA) is 20.1 Å². The molecule has 0 aliphatic carbocycles. The quantitative estimate of drug-likeness (QED) is 0.445. The maximum Gasteiger partial charge on any atom is 0.246 e. The summed E-state index contributed by atoms with van der Waals surface area (Å²) in [6.07, 6.45) is 3.78. The molecule has 0 unspecified atom stereocenters. The van der Waals surface area contributed by atoms with Crippen LogP contribution in [0.15, 0.2) is 11.6 Å². The van der Waals surface area contributed by atoms with Gasteiger partial charge in [-0.3, -0.25) is 4.79 Å². The minimum Gasteiger partial charge on any atom is -0.336 e. The third kappa shape index (κ3) is 2.37. The molecule has 0 atom stereocenters. The fraction of sp³-hybridized carbons (Fsp3) is 0.667. The van der Waals surface area contributed by atoms with E-state index in [-0.39, 0.29) is 5.91 Å². The van der Waals surface area contributed by atoms with Crippen molar-refractivity contribution in [2.45, 2.75) is 26.7 Å². The van der Waals surface area contributed by atoms with Crippen LogP contribution < -0.4 is 0 Å². The van der Waals surface area contributed by atoms with Gasteiger partial charge in [-0.1, -0.05) is 19.4 Å². The molecule has 0 aromatic rings. The van der Waals surface area contributed by atoms with Gasteiger partial charge in [-0.15, -0.1) is 0 Å². The number of carbonyl (C=O) groups excluding carboxylic acids is 1. The number of carbonyl (C=O) groups is 1. The van der Waals surface area contributed by atoms with Gasteiger partial charge in [-0.2, -0.15) is 0 Å². The van der Waals surface area contributed by atoms with Crippen LogP contribution in [0.2, 0.25) is 0 Å². The van der Waals surface area contributed by atoms with Crippen molar-refractivity contribution in [3.05, 3.63) is 11.6 Å². The van der Waals surface area contributed by atoms with Crippen molar-refractivity contribution in [1.29, 1.82) is 0 Å². The number of hydrogen-bond donors (Lipinski definition) is 0. The molecule has 1 rings (SSSR count). The Morgan fingerprint density at radius 3 is 2.27 bits per heavy atom. The molecule has 1 fully saturated rings. The first kappa shape index (κ1) is 8.31. The van der Waals surface area contributed by atoms with E-state index < -0.39 is 0 Å². The second-order valence-electron chi connectivity index (χ2n) is 2.83. The smallest absolute Gasteiger partial charge is 0.246 e. The van der Waals surface area contributed by atoms with E-state index in [0.29, 0.717) is 0 Å². The van der Waals surface area contributed by atoms with Gasteiger partial charge in [0, 0.05) is 19.2 Å². The molecule has 0 spiro atoms. The fourth-order valence-electron chi connectivity index (χ4n) is 0.990. The Kier molecular flexibility index (Phi) is 2.69. The zero-order valence-corrected chi connectivity index (χ0v) is 7.26. The molecular formula is C9H15NO. The van der Waals surface area contributed by atoms with Gasteiger partial charge >= 0.3 is 0 Å². The van der Waals surface area contributed by atoms with Gasteiger partial charge in [0.15, 0.2) is 0 Å². The number of hydrogen-bond acceptors (Lipinski definition) is 1. The minimum absolute atomic E-state index is 0.198. The molecular weight excluding hydrogens is 138 g/mol. The van der Waals surface area contributed by atoms with Crippen LogP contribution in [0.1, 0.15) is 26.7 Å². The SMILES string of the molecule is CCC(=CC(=O)N1CC1)CC. The molecule has 0 bridgehead atoms. The zero-order chi connectivity index (χ0) is 8.27. The molecule has 2 heteroatoms. The molecule has 0 radical (unpaired) electrons. The molecule has 11 heavy (non-hydrogen) atoms. The molecule has 1 aliphatic rings. The summed E-state index contributed by atoms with van der Waals surface area (Å²) in [7, 11) is 0. The second-order valence-corrected chi connectivity index (χ2v) is 2.83. The Bertz CT molecular complexity index is 174. The maximum absolute atomic E-state index is 11.2. The molecule has 0 aromatic heterocycles. The normalized spacial score (nSPS) is 14.5. The summed E-state index contributed by atoms with van der Waals surface area (Å²) in [5.74, 6) is 0.198. The molecule has 2 nitrogen and oxygen atoms in total. The molecule has 62 valence electrons. The standard InChI is InChI=1S/C9H15NO/c1-3-8(4-2)7-9(11)10-5-6-10/h7H,3-6H2,1-2H3. The molecule has 0 aromatic carbocycles. The molecule has 0 N–H and O–H groups in total. The summed E-state index contributed by atoms with van der Waals surface area (Å²) in [5, 5.41) is 0. The average Bonchev–Trinajstić information content (AvgIpc) is 2.81. The van der Waals surface area contributed by atoms with E-state index in [0.717, 1.165) is 25.9 Å². The van der Waals surface area contributed by atoms with Crippen LogP contribution >= 0.6 is 0 Å². The molecule has 1 amide bonds. The van der Waals surface area contributed by atoms with Crippen molar-refractivity contribution in [3.63, 3.8) is 0 Å². The van der Waals surface area contributed by atoms with Gasteiger partial charge in [-0.25, -0.2) is 0 Å². The van der Waals surface area contributed by atoms with Crippen LogP contribution in [0.5, 0.6) is 0 Å². The first-order valence-electron chi connectivity index (χ1n) is 4.26. The predicted octanol–water partition coefficient (Wildman–Crippen LogP) is 1.58. The predicted molar refractivity (Wildman–Crippen MR) is 45.2 cm³/mol. The summed E-state index contributed by atoms with van der Waals surface area (Å²) in [4.78, 5) is 13.0. The third-order valence-corrected chi connectivity index (χ3v) is 1.99. The lowest BCUT2D eigenvalue weighted by molar-refractivity contribution is -0.120. The van der Waals surface area contributed by atoms with Crippen molar-refractivity contribution in [2.75, 3.05) is 13.1 Å². The Morgan fingerprint density at radius 2 is 1.91 bits per heavy atom. The molecule has 1 heterocycles. The van der Waals surface area contributed by atoms with Crippen LogP contribution in [0.4, 0.5) is 0 Å². The van der Waals surface area contributed by atoms with Crippen molar-refractivity contribution < 1.29 is 4.79 Å². The summed E-state index contributed by atoms with van der Waals surface area (Å²) >= 11 is 0. The Hall–Kier alpha value is -0.790. The van der Waals surface area contributed by atoms with Crippen molar-refractivity contribution >= 4 is 5.91 Å². The highest BCUT2D eigenvalue weighted by molar-refractivity contribution is 5.89. The lowest BCUT2D eigenvalue weighted by atomic mass is 10.1. The number of nitrogens with zero attached hydrogens (tertiary/aromatic N) is 1. The second kappa shape index (κ2) is 3.56. The van der Waals surface area contributed by atoms with E-state index in [1.807, 2.05) is 4.90 Å². The lowest BCUT2D eigenvalue weighted by Gasteiger charge is -1.99. The van der Waals surface area contributed by atoms with Gasteiger partial charge in [0.05, 0.1) is 0 Å². The van der Waals surface area contributed by atoms with Crippen molar-refractivity contribution in [3.8, 4) is 0 Å². The van der Waals surface area contributed by atoms with Crippen LogP contribution in [0.3, 0.4) is 0 Å². The highest BCUT2D eigenvalue weighted by atomic mass is 16.2. The van der Waals surface area contributed by atoms with Gasteiger partial charge in [0.2, 0.25) is 5.91 Å². The molecule has 1 aliphatic heterocycles. The summed E-state index contributed by atoms with van der Waals surface area (Å²) in [5.41, 5.74) is 1.25. The first-order valence-corrected chi connectivity index (χ1v) is 4.26. The molecule has 0 saturated carbocycles. The minimum atomic E-state index is 0.198.